The molecule has 1 aliphatic carbocycles. The maximum atomic E-state index is 12.9. The normalized spacial score (nSPS) is 24.0. The van der Waals surface area contributed by atoms with Gasteiger partial charge in [-0.3, -0.25) is 24.6 Å². The third kappa shape index (κ3) is 3.49. The molecule has 1 aliphatic heterocycles. The third-order valence-electron chi connectivity index (χ3n) is 5.21. The fourth-order valence-electron chi connectivity index (χ4n) is 4.04. The van der Waals surface area contributed by atoms with Crippen molar-refractivity contribution in [3.8, 4) is 11.8 Å². The van der Waals surface area contributed by atoms with Crippen molar-refractivity contribution in [2.45, 2.75) is 31.2 Å². The first kappa shape index (κ1) is 18.8. The van der Waals surface area contributed by atoms with E-state index in [1.54, 1.807) is 24.3 Å². The number of ketones is 1. The minimum atomic E-state index is -0.921. The van der Waals surface area contributed by atoms with Gasteiger partial charge < -0.3 is 4.74 Å². The van der Waals surface area contributed by atoms with E-state index in [1.165, 1.54) is 13.0 Å². The minimum absolute atomic E-state index is 0.0195. The van der Waals surface area contributed by atoms with Crippen molar-refractivity contribution in [1.29, 1.82) is 0 Å². The number of carbonyl (C=O) groups excluding carboxylic acids is 2. The lowest BCUT2D eigenvalue weighted by Gasteiger charge is -2.37. The van der Waals surface area contributed by atoms with Crippen molar-refractivity contribution >= 4 is 17.4 Å². The molecule has 1 aromatic rings. The number of carbonyl (C=O) groups is 2. The van der Waals surface area contributed by atoms with Crippen LogP contribution in [0, 0.1) is 22.0 Å². The van der Waals surface area contributed by atoms with Crippen molar-refractivity contribution in [2.75, 3.05) is 19.7 Å². The van der Waals surface area contributed by atoms with Gasteiger partial charge in [-0.15, -0.1) is 0 Å². The van der Waals surface area contributed by atoms with E-state index in [2.05, 4.69) is 16.7 Å². The number of hydrogen-bond donors (Lipinski definition) is 0. The van der Waals surface area contributed by atoms with Crippen LogP contribution in [0.2, 0.25) is 0 Å². The zero-order valence-corrected chi connectivity index (χ0v) is 15.0. The first-order chi connectivity index (χ1) is 13.0. The summed E-state index contributed by atoms with van der Waals surface area (Å²) in [6, 6.07) is 6.32. The molecule has 1 fully saturated rings. The molecule has 0 unspecified atom stereocenters. The van der Waals surface area contributed by atoms with Gasteiger partial charge in [0.2, 0.25) is 0 Å². The second-order valence-electron chi connectivity index (χ2n) is 6.62. The average Bonchev–Trinajstić information content (AvgIpc) is 3.02. The number of esters is 1. The molecule has 7 nitrogen and oxygen atoms in total. The summed E-state index contributed by atoms with van der Waals surface area (Å²) in [5.41, 5.74) is -0.464. The van der Waals surface area contributed by atoms with Crippen molar-refractivity contribution in [3.63, 3.8) is 0 Å². The summed E-state index contributed by atoms with van der Waals surface area (Å²) < 4.78 is 4.79. The Bertz CT molecular complexity index is 867. The zero-order chi connectivity index (χ0) is 19.4. The van der Waals surface area contributed by atoms with Crippen LogP contribution in [0.4, 0.5) is 5.69 Å². The Labute approximate surface area is 157 Å². The lowest BCUT2D eigenvalue weighted by Crippen LogP contribution is -2.49. The molecule has 140 valence electrons. The number of hydrogen-bond acceptors (Lipinski definition) is 6. The van der Waals surface area contributed by atoms with Crippen LogP contribution in [0.3, 0.4) is 0 Å². The van der Waals surface area contributed by atoms with Gasteiger partial charge in [0.25, 0.3) is 5.69 Å². The van der Waals surface area contributed by atoms with E-state index in [4.69, 9.17) is 4.74 Å². The molecule has 3 rings (SSSR count). The summed E-state index contributed by atoms with van der Waals surface area (Å²) in [5.74, 6) is 5.27. The van der Waals surface area contributed by atoms with Gasteiger partial charge in [0.15, 0.2) is 12.4 Å². The second-order valence-corrected chi connectivity index (χ2v) is 6.62. The van der Waals surface area contributed by atoms with Crippen LogP contribution in [0.25, 0.3) is 0 Å². The molecular formula is C20H20N2O5. The van der Waals surface area contributed by atoms with Gasteiger partial charge in [-0.25, -0.2) is 0 Å². The third-order valence-corrected chi connectivity index (χ3v) is 5.21. The number of benzene rings is 1. The van der Waals surface area contributed by atoms with Gasteiger partial charge in [0.1, 0.15) is 0 Å². The largest absolute Gasteiger partial charge is 0.453 e. The van der Waals surface area contributed by atoms with Crippen LogP contribution >= 0.6 is 0 Å². The molecular weight excluding hydrogens is 348 g/mol. The molecule has 0 N–H and O–H groups in total. The van der Waals surface area contributed by atoms with E-state index in [0.29, 0.717) is 31.5 Å². The highest BCUT2D eigenvalue weighted by molar-refractivity contribution is 6.01. The van der Waals surface area contributed by atoms with Gasteiger partial charge in [-0.1, -0.05) is 36.1 Å². The highest BCUT2D eigenvalue weighted by Crippen LogP contribution is 2.47. The molecule has 0 amide bonds. The van der Waals surface area contributed by atoms with Crippen LogP contribution in [0.5, 0.6) is 0 Å². The Balaban J connectivity index is 1.90. The highest BCUT2D eigenvalue weighted by Gasteiger charge is 2.55. The SMILES string of the molecule is CC(=O)OCC#CCN1CC[C@]2(c3ccccc3[N+](=O)[O-])C(=O)C=CC[C@H]12. The number of likely N-dealkylation sites (tertiary alicyclic amines) is 1. The Hall–Kier alpha value is -2.98. The smallest absolute Gasteiger partial charge is 0.303 e. The monoisotopic (exact) mass is 368 g/mol. The van der Waals surface area contributed by atoms with Gasteiger partial charge in [0.05, 0.1) is 16.9 Å². The molecule has 1 aromatic carbocycles. The van der Waals surface area contributed by atoms with E-state index < -0.39 is 10.3 Å². The lowest BCUT2D eigenvalue weighted by molar-refractivity contribution is -0.386. The second kappa shape index (κ2) is 7.72. The maximum absolute atomic E-state index is 12.9. The van der Waals surface area contributed by atoms with E-state index in [1.807, 2.05) is 6.08 Å². The predicted octanol–water partition coefficient (Wildman–Crippen LogP) is 2.00. The zero-order valence-electron chi connectivity index (χ0n) is 15.0. The number of allylic oxidation sites excluding steroid dienone is 1. The topological polar surface area (TPSA) is 89.8 Å². The standard InChI is InChI=1S/C20H20N2O5/c1-15(23)27-14-5-4-12-21-13-11-20(18(21)9-6-10-19(20)24)16-7-2-3-8-17(16)22(25)26/h2-3,6-8,10,18H,9,11-14H2,1H3/t18-,20+/m0/s1. The summed E-state index contributed by atoms with van der Waals surface area (Å²) in [6.07, 6.45) is 4.51. The van der Waals surface area contributed by atoms with Crippen molar-refractivity contribution in [1.82, 2.24) is 4.90 Å². The van der Waals surface area contributed by atoms with Crippen molar-refractivity contribution in [3.05, 3.63) is 52.1 Å². The number of nitrogens with zero attached hydrogens (tertiary/aromatic N) is 2. The van der Waals surface area contributed by atoms with E-state index in [-0.39, 0.29) is 30.1 Å². The van der Waals surface area contributed by atoms with E-state index in [0.717, 1.165) is 0 Å². The summed E-state index contributed by atoms with van der Waals surface area (Å²) in [6.45, 7) is 2.38. The average molecular weight is 368 g/mol. The Morgan fingerprint density at radius 1 is 1.41 bits per heavy atom. The molecule has 2 aliphatic rings. The van der Waals surface area contributed by atoms with E-state index in [9.17, 15) is 19.7 Å². The molecule has 0 saturated carbocycles. The van der Waals surface area contributed by atoms with Crippen molar-refractivity contribution in [2.24, 2.45) is 0 Å². The molecule has 0 bridgehead atoms. The van der Waals surface area contributed by atoms with Gasteiger partial charge in [-0.2, -0.15) is 0 Å². The first-order valence-electron chi connectivity index (χ1n) is 8.75. The fourth-order valence-corrected chi connectivity index (χ4v) is 4.04. The van der Waals surface area contributed by atoms with Crippen LogP contribution in [0.15, 0.2) is 36.4 Å². The summed E-state index contributed by atoms with van der Waals surface area (Å²) in [5, 5.41) is 11.5. The molecule has 2 atom stereocenters. The van der Waals surface area contributed by atoms with Crippen LogP contribution < -0.4 is 0 Å². The minimum Gasteiger partial charge on any atom is -0.453 e. The predicted molar refractivity (Wildman–Crippen MR) is 97.9 cm³/mol. The molecule has 7 heteroatoms. The fraction of sp³-hybridized carbons (Fsp3) is 0.400. The summed E-state index contributed by atoms with van der Waals surface area (Å²) in [4.78, 5) is 36.9. The molecule has 1 saturated heterocycles. The van der Waals surface area contributed by atoms with Gasteiger partial charge in [0, 0.05) is 31.1 Å². The Morgan fingerprint density at radius 2 is 2.19 bits per heavy atom. The van der Waals surface area contributed by atoms with Gasteiger partial charge in [-0.05, 0) is 18.9 Å². The molecule has 1 heterocycles. The highest BCUT2D eigenvalue weighted by atomic mass is 16.6. The molecule has 0 aromatic heterocycles. The number of fused-ring (bicyclic) bond motifs is 1. The Morgan fingerprint density at radius 3 is 2.93 bits per heavy atom. The number of nitro benzene ring substituents is 1. The van der Waals surface area contributed by atoms with Gasteiger partial charge >= 0.3 is 5.97 Å². The number of rotatable bonds is 4. The summed E-state index contributed by atoms with van der Waals surface area (Å²) >= 11 is 0. The lowest BCUT2D eigenvalue weighted by atomic mass is 9.67. The quantitative estimate of drug-likeness (QED) is 0.349. The first-order valence-corrected chi connectivity index (χ1v) is 8.75. The number of nitro groups is 1. The number of para-hydroxylation sites is 1. The number of ether oxygens (including phenoxy) is 1. The Kier molecular flexibility index (Phi) is 5.38. The van der Waals surface area contributed by atoms with Crippen LogP contribution in [-0.4, -0.2) is 47.3 Å². The molecule has 27 heavy (non-hydrogen) atoms. The summed E-state index contributed by atoms with van der Waals surface area (Å²) in [7, 11) is 0. The molecule has 0 radical (unpaired) electrons. The van der Waals surface area contributed by atoms with Crippen molar-refractivity contribution < 1.29 is 19.2 Å². The van der Waals surface area contributed by atoms with Crippen LogP contribution in [-0.2, 0) is 19.7 Å². The van der Waals surface area contributed by atoms with Crippen LogP contribution in [0.1, 0.15) is 25.3 Å². The maximum Gasteiger partial charge on any atom is 0.303 e. The molecule has 0 spiro atoms. The van der Waals surface area contributed by atoms with E-state index >= 15 is 0 Å².